The van der Waals surface area contributed by atoms with Gasteiger partial charge in [0.25, 0.3) is 0 Å². The Kier molecular flexibility index (Phi) is 7.19. The van der Waals surface area contributed by atoms with Crippen LogP contribution in [0.5, 0.6) is 0 Å². The Morgan fingerprint density at radius 1 is 1.14 bits per heavy atom. The molecule has 1 atom stereocenters. The molecule has 0 saturated heterocycles. The zero-order valence-electron chi connectivity index (χ0n) is 14.1. The third-order valence-corrected chi connectivity index (χ3v) is 5.69. The van der Waals surface area contributed by atoms with Gasteiger partial charge >= 0.3 is 15.5 Å². The van der Waals surface area contributed by atoms with E-state index in [1.807, 2.05) is 0 Å². The van der Waals surface area contributed by atoms with E-state index >= 15 is 0 Å². The summed E-state index contributed by atoms with van der Waals surface area (Å²) in [5.41, 5.74) is -5.39. The quantitative estimate of drug-likeness (QED) is 0.452. The highest BCUT2D eigenvalue weighted by Gasteiger charge is 2.46. The number of anilines is 1. The first-order valence-corrected chi connectivity index (χ1v) is 10.3. The van der Waals surface area contributed by atoms with E-state index in [0.717, 1.165) is 6.07 Å². The van der Waals surface area contributed by atoms with Crippen molar-refractivity contribution in [2.75, 3.05) is 4.72 Å². The minimum atomic E-state index is -5.61. The molecule has 0 aliphatic carbocycles. The molecule has 0 saturated carbocycles. The normalized spacial score (nSPS) is 13.7. The maximum Gasteiger partial charge on any atom is 0.516 e. The van der Waals surface area contributed by atoms with Crippen LogP contribution in [-0.2, 0) is 10.0 Å². The van der Waals surface area contributed by atoms with E-state index in [-0.39, 0.29) is 32.0 Å². The van der Waals surface area contributed by atoms with Crippen LogP contribution in [0.3, 0.4) is 0 Å². The first-order chi connectivity index (χ1) is 13.0. The number of sulfonamides is 1. The number of hydrogen-bond donors (Lipinski definition) is 1. The highest BCUT2D eigenvalue weighted by Crippen LogP contribution is 2.37. The van der Waals surface area contributed by atoms with Gasteiger partial charge in [-0.15, -0.1) is 0 Å². The molecule has 0 bridgehead atoms. The second-order valence-corrected chi connectivity index (χ2v) is 8.39. The van der Waals surface area contributed by atoms with Crippen LogP contribution in [0.15, 0.2) is 46.6 Å². The van der Waals surface area contributed by atoms with Crippen molar-refractivity contribution in [2.24, 2.45) is 10.2 Å². The summed E-state index contributed by atoms with van der Waals surface area (Å²) >= 11 is 17.9. The number of nitrogens with zero attached hydrogens (tertiary/aromatic N) is 2. The van der Waals surface area contributed by atoms with Crippen LogP contribution in [0.25, 0.3) is 0 Å². The predicted octanol–water partition coefficient (Wildman–Crippen LogP) is 7.14. The van der Waals surface area contributed by atoms with Gasteiger partial charge in [0.15, 0.2) is 0 Å². The van der Waals surface area contributed by atoms with Gasteiger partial charge in [0, 0.05) is 10.6 Å². The predicted molar refractivity (Wildman–Crippen MR) is 104 cm³/mol. The zero-order chi connectivity index (χ0) is 21.1. The second-order valence-electron chi connectivity index (χ2n) is 5.50. The van der Waals surface area contributed by atoms with Crippen molar-refractivity contribution in [3.8, 4) is 0 Å². The second kappa shape index (κ2) is 8.86. The van der Waals surface area contributed by atoms with Crippen LogP contribution in [0, 0.1) is 0 Å². The van der Waals surface area contributed by atoms with E-state index in [1.54, 1.807) is 25.1 Å². The minimum absolute atomic E-state index is 0.129. The Morgan fingerprint density at radius 2 is 1.82 bits per heavy atom. The Labute approximate surface area is 174 Å². The molecule has 0 radical (unpaired) electrons. The molecule has 0 amide bonds. The summed E-state index contributed by atoms with van der Waals surface area (Å²) in [7, 11) is -5.61. The molecule has 28 heavy (non-hydrogen) atoms. The molecule has 5 nitrogen and oxygen atoms in total. The van der Waals surface area contributed by atoms with Gasteiger partial charge in [-0.05, 0) is 36.8 Å². The number of rotatable bonds is 6. The minimum Gasteiger partial charge on any atom is -0.276 e. The molecule has 2 aromatic carbocycles. The lowest BCUT2D eigenvalue weighted by Crippen LogP contribution is -2.30. The van der Waals surface area contributed by atoms with E-state index < -0.39 is 21.6 Å². The van der Waals surface area contributed by atoms with Crippen LogP contribution in [0.2, 0.25) is 15.1 Å². The topological polar surface area (TPSA) is 70.9 Å². The SMILES string of the molecule is CCC(N=Nc1cccc(Cl)c1Cl)c1cc(Cl)ccc1NS(=O)(=O)C(F)(F)F. The number of alkyl halides is 3. The summed E-state index contributed by atoms with van der Waals surface area (Å²) in [4.78, 5) is 0. The van der Waals surface area contributed by atoms with Crippen molar-refractivity contribution >= 4 is 56.2 Å². The molecule has 0 heterocycles. The lowest BCUT2D eigenvalue weighted by atomic mass is 10.0. The number of nitrogens with one attached hydrogen (secondary N) is 1. The van der Waals surface area contributed by atoms with Crippen molar-refractivity contribution in [2.45, 2.75) is 24.9 Å². The zero-order valence-corrected chi connectivity index (χ0v) is 17.2. The molecule has 0 aromatic heterocycles. The van der Waals surface area contributed by atoms with Crippen LogP contribution >= 0.6 is 34.8 Å². The molecule has 0 aliphatic heterocycles. The number of azo groups is 1. The third kappa shape index (κ3) is 5.28. The molecule has 0 fully saturated rings. The smallest absolute Gasteiger partial charge is 0.276 e. The Morgan fingerprint density at radius 3 is 2.43 bits per heavy atom. The van der Waals surface area contributed by atoms with E-state index in [4.69, 9.17) is 34.8 Å². The van der Waals surface area contributed by atoms with Crippen molar-refractivity contribution in [3.63, 3.8) is 0 Å². The number of hydrogen-bond acceptors (Lipinski definition) is 4. The molecular weight excluding hydrogens is 462 g/mol. The Balaban J connectivity index is 2.45. The van der Waals surface area contributed by atoms with Crippen LogP contribution < -0.4 is 4.72 Å². The average molecular weight is 475 g/mol. The molecule has 1 unspecified atom stereocenters. The molecule has 0 spiro atoms. The van der Waals surface area contributed by atoms with Gasteiger partial charge in [0.1, 0.15) is 5.69 Å². The largest absolute Gasteiger partial charge is 0.516 e. The van der Waals surface area contributed by atoms with E-state index in [0.29, 0.717) is 6.42 Å². The van der Waals surface area contributed by atoms with Crippen molar-refractivity contribution in [1.82, 2.24) is 0 Å². The fraction of sp³-hybridized carbons (Fsp3) is 0.250. The Bertz CT molecular complexity index is 998. The van der Waals surface area contributed by atoms with Gasteiger partial charge in [0.05, 0.1) is 21.8 Å². The van der Waals surface area contributed by atoms with Crippen molar-refractivity contribution < 1.29 is 21.6 Å². The van der Waals surface area contributed by atoms with Crippen LogP contribution in [0.4, 0.5) is 24.5 Å². The molecule has 2 rings (SSSR count). The van der Waals surface area contributed by atoms with E-state index in [2.05, 4.69) is 10.2 Å². The highest BCUT2D eigenvalue weighted by atomic mass is 35.5. The molecular formula is C16H13Cl3F3N3O2S. The monoisotopic (exact) mass is 473 g/mol. The van der Waals surface area contributed by atoms with Crippen molar-refractivity contribution in [3.05, 3.63) is 57.0 Å². The summed E-state index contributed by atoms with van der Waals surface area (Å²) in [6, 6.07) is 7.63. The third-order valence-electron chi connectivity index (χ3n) is 3.54. The van der Waals surface area contributed by atoms with Crippen LogP contribution in [0.1, 0.15) is 24.9 Å². The summed E-state index contributed by atoms with van der Waals surface area (Å²) < 4.78 is 62.6. The summed E-state index contributed by atoms with van der Waals surface area (Å²) in [6.45, 7) is 1.70. The van der Waals surface area contributed by atoms with E-state index in [9.17, 15) is 21.6 Å². The van der Waals surface area contributed by atoms with E-state index in [1.165, 1.54) is 16.9 Å². The van der Waals surface area contributed by atoms with Crippen molar-refractivity contribution in [1.29, 1.82) is 0 Å². The summed E-state index contributed by atoms with van der Waals surface area (Å²) in [5, 5.41) is 8.69. The molecule has 1 N–H and O–H groups in total. The standard InChI is InChI=1S/C16H13Cl3F3N3O2S/c1-2-12(23-24-14-5-3-4-11(18)15(14)19)10-8-9(17)6-7-13(10)25-28(26,27)16(20,21)22/h3-8,12,25H,2H2,1H3. The lowest BCUT2D eigenvalue weighted by Gasteiger charge is -2.17. The maximum atomic E-state index is 12.7. The van der Waals surface area contributed by atoms with Gasteiger partial charge in [-0.2, -0.15) is 31.8 Å². The molecule has 0 aliphatic rings. The first kappa shape index (κ1) is 22.7. The highest BCUT2D eigenvalue weighted by molar-refractivity contribution is 7.93. The van der Waals surface area contributed by atoms with Gasteiger partial charge in [-0.1, -0.05) is 47.8 Å². The fourth-order valence-corrected chi connectivity index (χ4v) is 3.28. The maximum absolute atomic E-state index is 12.7. The average Bonchev–Trinajstić information content (AvgIpc) is 2.60. The van der Waals surface area contributed by atoms with Gasteiger partial charge in [0.2, 0.25) is 0 Å². The summed E-state index contributed by atoms with van der Waals surface area (Å²) in [5.74, 6) is 0. The van der Waals surface area contributed by atoms with Gasteiger partial charge in [-0.3, -0.25) is 4.72 Å². The first-order valence-electron chi connectivity index (χ1n) is 7.69. The van der Waals surface area contributed by atoms with Gasteiger partial charge in [-0.25, -0.2) is 0 Å². The fourth-order valence-electron chi connectivity index (χ4n) is 2.17. The number of benzene rings is 2. The molecule has 152 valence electrons. The Hall–Kier alpha value is -1.55. The van der Waals surface area contributed by atoms with Gasteiger partial charge < -0.3 is 0 Å². The lowest BCUT2D eigenvalue weighted by molar-refractivity contribution is -0.0429. The molecule has 2 aromatic rings. The molecule has 12 heteroatoms. The number of halogens is 6. The van der Waals surface area contributed by atoms with Crippen LogP contribution in [-0.4, -0.2) is 13.9 Å². The summed E-state index contributed by atoms with van der Waals surface area (Å²) in [6.07, 6.45) is 0.294.